The standard InChI is InChI=1S/C15H15N3O2S/c1-9-3-6-13(20-2)12(7-9)18-15(19)11-5-4-10(8-17-11)14(16)21/h3-8H,1-2H3,(H2,16,21)(H,18,19). The van der Waals surface area contributed by atoms with Crippen LogP contribution in [0.1, 0.15) is 21.6 Å². The van der Waals surface area contributed by atoms with Crippen molar-refractivity contribution in [3.05, 3.63) is 53.3 Å². The van der Waals surface area contributed by atoms with Crippen molar-refractivity contribution in [1.29, 1.82) is 0 Å². The normalized spacial score (nSPS) is 10.0. The van der Waals surface area contributed by atoms with Gasteiger partial charge in [-0.3, -0.25) is 9.78 Å². The Hall–Kier alpha value is -2.47. The third-order valence-corrected chi connectivity index (χ3v) is 3.12. The van der Waals surface area contributed by atoms with Gasteiger partial charge >= 0.3 is 0 Å². The summed E-state index contributed by atoms with van der Waals surface area (Å²) in [6.07, 6.45) is 1.48. The first-order valence-electron chi connectivity index (χ1n) is 6.23. The van der Waals surface area contributed by atoms with E-state index in [1.807, 2.05) is 19.1 Å². The molecule has 0 bridgehead atoms. The van der Waals surface area contributed by atoms with Gasteiger partial charge in [0.1, 0.15) is 16.4 Å². The Bertz CT molecular complexity index is 684. The number of rotatable bonds is 4. The molecule has 1 aromatic carbocycles. The highest BCUT2D eigenvalue weighted by atomic mass is 32.1. The van der Waals surface area contributed by atoms with Gasteiger partial charge in [-0.1, -0.05) is 18.3 Å². The van der Waals surface area contributed by atoms with Crippen molar-refractivity contribution < 1.29 is 9.53 Å². The highest BCUT2D eigenvalue weighted by molar-refractivity contribution is 7.80. The lowest BCUT2D eigenvalue weighted by Crippen LogP contribution is -2.16. The summed E-state index contributed by atoms with van der Waals surface area (Å²) in [5.41, 5.74) is 8.01. The largest absolute Gasteiger partial charge is 0.495 e. The van der Waals surface area contributed by atoms with Gasteiger partial charge in [0.05, 0.1) is 12.8 Å². The van der Waals surface area contributed by atoms with Crippen LogP contribution >= 0.6 is 12.2 Å². The van der Waals surface area contributed by atoms with Gasteiger partial charge in [-0.15, -0.1) is 0 Å². The molecule has 0 aliphatic rings. The molecule has 0 unspecified atom stereocenters. The number of ether oxygens (including phenoxy) is 1. The minimum absolute atomic E-state index is 0.245. The van der Waals surface area contributed by atoms with Crippen LogP contribution in [0.5, 0.6) is 5.75 Å². The van der Waals surface area contributed by atoms with Crippen LogP contribution in [-0.4, -0.2) is 23.0 Å². The fourth-order valence-corrected chi connectivity index (χ4v) is 1.90. The molecule has 0 aliphatic carbocycles. The molecule has 108 valence electrons. The molecule has 0 spiro atoms. The lowest BCUT2D eigenvalue weighted by Gasteiger charge is -2.10. The zero-order valence-electron chi connectivity index (χ0n) is 11.7. The summed E-state index contributed by atoms with van der Waals surface area (Å²) >= 11 is 4.84. The third-order valence-electron chi connectivity index (χ3n) is 2.88. The predicted octanol–water partition coefficient (Wildman–Crippen LogP) is 2.29. The lowest BCUT2D eigenvalue weighted by molar-refractivity contribution is 0.102. The van der Waals surface area contributed by atoms with Crippen molar-refractivity contribution in [2.24, 2.45) is 5.73 Å². The number of aromatic nitrogens is 1. The smallest absolute Gasteiger partial charge is 0.274 e. The van der Waals surface area contributed by atoms with Crippen molar-refractivity contribution >= 4 is 28.8 Å². The second-order valence-corrected chi connectivity index (χ2v) is 4.89. The van der Waals surface area contributed by atoms with E-state index in [1.165, 1.54) is 6.20 Å². The summed E-state index contributed by atoms with van der Waals surface area (Å²) in [6, 6.07) is 8.78. The Labute approximate surface area is 128 Å². The van der Waals surface area contributed by atoms with E-state index >= 15 is 0 Å². The second kappa shape index (κ2) is 6.32. The van der Waals surface area contributed by atoms with Crippen molar-refractivity contribution in [3.63, 3.8) is 0 Å². The molecule has 0 radical (unpaired) electrons. The van der Waals surface area contributed by atoms with E-state index in [9.17, 15) is 4.79 Å². The summed E-state index contributed by atoms with van der Waals surface area (Å²) in [5, 5.41) is 2.78. The Morgan fingerprint density at radius 2 is 2.10 bits per heavy atom. The zero-order chi connectivity index (χ0) is 15.4. The van der Waals surface area contributed by atoms with E-state index in [0.717, 1.165) is 5.56 Å². The Balaban J connectivity index is 2.21. The zero-order valence-corrected chi connectivity index (χ0v) is 12.5. The number of hydrogen-bond acceptors (Lipinski definition) is 4. The molecule has 6 heteroatoms. The van der Waals surface area contributed by atoms with Crippen LogP contribution in [-0.2, 0) is 0 Å². The van der Waals surface area contributed by atoms with Gasteiger partial charge in [0.15, 0.2) is 0 Å². The SMILES string of the molecule is COc1ccc(C)cc1NC(=O)c1ccc(C(N)=S)cn1. The quantitative estimate of drug-likeness (QED) is 0.847. The number of methoxy groups -OCH3 is 1. The number of pyridine rings is 1. The number of aryl methyl sites for hydroxylation is 1. The first-order chi connectivity index (χ1) is 10.0. The fraction of sp³-hybridized carbons (Fsp3) is 0.133. The molecule has 1 aromatic heterocycles. The molecular weight excluding hydrogens is 286 g/mol. The van der Waals surface area contributed by atoms with Crippen LogP contribution in [0.4, 0.5) is 5.69 Å². The van der Waals surface area contributed by atoms with Crippen molar-refractivity contribution in [2.45, 2.75) is 6.92 Å². The molecule has 0 saturated carbocycles. The van der Waals surface area contributed by atoms with Crippen LogP contribution in [0.3, 0.4) is 0 Å². The molecule has 0 aliphatic heterocycles. The summed E-state index contributed by atoms with van der Waals surface area (Å²) in [5.74, 6) is 0.266. The number of hydrogen-bond donors (Lipinski definition) is 2. The van der Waals surface area contributed by atoms with Crippen molar-refractivity contribution in [2.75, 3.05) is 12.4 Å². The van der Waals surface area contributed by atoms with Gasteiger partial charge in [-0.2, -0.15) is 0 Å². The maximum Gasteiger partial charge on any atom is 0.274 e. The molecule has 3 N–H and O–H groups in total. The molecule has 1 amide bonds. The minimum atomic E-state index is -0.326. The van der Waals surface area contributed by atoms with Gasteiger partial charge in [-0.25, -0.2) is 0 Å². The molecule has 21 heavy (non-hydrogen) atoms. The first-order valence-corrected chi connectivity index (χ1v) is 6.64. The molecule has 0 atom stereocenters. The number of nitrogens with two attached hydrogens (primary N) is 1. The predicted molar refractivity (Wildman–Crippen MR) is 85.8 cm³/mol. The van der Waals surface area contributed by atoms with Crippen molar-refractivity contribution in [3.8, 4) is 5.75 Å². The maximum absolute atomic E-state index is 12.2. The van der Waals surface area contributed by atoms with Gasteiger partial charge in [0.2, 0.25) is 0 Å². The number of carbonyl (C=O) groups excluding carboxylic acids is 1. The number of thiocarbonyl (C=S) groups is 1. The molecule has 2 aromatic rings. The van der Waals surface area contributed by atoms with E-state index in [0.29, 0.717) is 17.0 Å². The van der Waals surface area contributed by atoms with Crippen LogP contribution in [0, 0.1) is 6.92 Å². The monoisotopic (exact) mass is 301 g/mol. The Morgan fingerprint density at radius 3 is 2.67 bits per heavy atom. The van der Waals surface area contributed by atoms with Gasteiger partial charge < -0.3 is 15.8 Å². The number of benzene rings is 1. The van der Waals surface area contributed by atoms with Crippen molar-refractivity contribution in [1.82, 2.24) is 4.98 Å². The van der Waals surface area contributed by atoms with E-state index in [2.05, 4.69) is 10.3 Å². The van der Waals surface area contributed by atoms with Crippen LogP contribution in [0.25, 0.3) is 0 Å². The summed E-state index contributed by atoms with van der Waals surface area (Å²) in [6.45, 7) is 1.93. The molecule has 2 rings (SSSR count). The second-order valence-electron chi connectivity index (χ2n) is 4.45. The molecular formula is C15H15N3O2S. The topological polar surface area (TPSA) is 77.2 Å². The van der Waals surface area contributed by atoms with E-state index in [-0.39, 0.29) is 16.6 Å². The number of nitrogens with zero attached hydrogens (tertiary/aromatic N) is 1. The van der Waals surface area contributed by atoms with E-state index in [1.54, 1.807) is 25.3 Å². The summed E-state index contributed by atoms with van der Waals surface area (Å²) in [7, 11) is 1.55. The fourth-order valence-electron chi connectivity index (χ4n) is 1.78. The Morgan fingerprint density at radius 1 is 1.33 bits per heavy atom. The molecule has 5 nitrogen and oxygen atoms in total. The molecule has 1 heterocycles. The summed E-state index contributed by atoms with van der Waals surface area (Å²) in [4.78, 5) is 16.5. The van der Waals surface area contributed by atoms with Gasteiger partial charge in [0, 0.05) is 11.8 Å². The van der Waals surface area contributed by atoms with Crippen LogP contribution < -0.4 is 15.8 Å². The van der Waals surface area contributed by atoms with Crippen LogP contribution in [0.15, 0.2) is 36.5 Å². The minimum Gasteiger partial charge on any atom is -0.495 e. The van der Waals surface area contributed by atoms with Gasteiger partial charge in [0.25, 0.3) is 5.91 Å². The van der Waals surface area contributed by atoms with Crippen LogP contribution in [0.2, 0.25) is 0 Å². The number of nitrogens with one attached hydrogen (secondary N) is 1. The first kappa shape index (κ1) is 14.9. The number of carbonyl (C=O) groups is 1. The molecule has 0 saturated heterocycles. The summed E-state index contributed by atoms with van der Waals surface area (Å²) < 4.78 is 5.22. The van der Waals surface area contributed by atoms with E-state index < -0.39 is 0 Å². The Kier molecular flexibility index (Phi) is 4.49. The average Bonchev–Trinajstić information content (AvgIpc) is 2.47. The maximum atomic E-state index is 12.2. The number of anilines is 1. The number of amides is 1. The highest BCUT2D eigenvalue weighted by Gasteiger charge is 2.11. The van der Waals surface area contributed by atoms with E-state index in [4.69, 9.17) is 22.7 Å². The average molecular weight is 301 g/mol. The third kappa shape index (κ3) is 3.55. The lowest BCUT2D eigenvalue weighted by atomic mass is 10.2. The van der Waals surface area contributed by atoms with Gasteiger partial charge in [-0.05, 0) is 36.8 Å². The molecule has 0 fully saturated rings. The highest BCUT2D eigenvalue weighted by Crippen LogP contribution is 2.25.